The Morgan fingerprint density at radius 2 is 1.95 bits per heavy atom. The van der Waals surface area contributed by atoms with E-state index in [-0.39, 0.29) is 10.8 Å². The Labute approximate surface area is 135 Å². The van der Waals surface area contributed by atoms with Crippen molar-refractivity contribution in [3.8, 4) is 0 Å². The van der Waals surface area contributed by atoms with Gasteiger partial charge < -0.3 is 14.6 Å². The van der Waals surface area contributed by atoms with Crippen molar-refractivity contribution in [1.29, 1.82) is 0 Å². The molecular formula is C17H19ClO4. The van der Waals surface area contributed by atoms with E-state index in [1.165, 1.54) is 14.2 Å². The predicted octanol–water partition coefficient (Wildman–Crippen LogP) is 3.06. The molecule has 0 aliphatic heterocycles. The molecule has 0 saturated carbocycles. The Hall–Kier alpha value is -1.62. The molecule has 0 radical (unpaired) electrons. The van der Waals surface area contributed by atoms with E-state index in [1.807, 2.05) is 13.0 Å². The van der Waals surface area contributed by atoms with Gasteiger partial charge in [0.25, 0.3) is 0 Å². The fourth-order valence-corrected chi connectivity index (χ4v) is 3.08. The summed E-state index contributed by atoms with van der Waals surface area (Å²) in [5.41, 5.74) is -0.571. The van der Waals surface area contributed by atoms with Gasteiger partial charge in [-0.1, -0.05) is 48.9 Å². The minimum atomic E-state index is -1.69. The van der Waals surface area contributed by atoms with Gasteiger partial charge in [0.1, 0.15) is 5.76 Å². The van der Waals surface area contributed by atoms with E-state index in [0.717, 1.165) is 0 Å². The fourth-order valence-electron chi connectivity index (χ4n) is 2.62. The standard InChI is InChI=1S/C17H19ClO4/c1-4-11-10-13(21-2)16(20)17(22-3,14(11)18)15(19)12-8-6-5-7-9-12/h5-10,16,20H,4H2,1-3H3. The summed E-state index contributed by atoms with van der Waals surface area (Å²) in [6, 6.07) is 8.63. The van der Waals surface area contributed by atoms with Crippen molar-refractivity contribution in [3.05, 3.63) is 58.3 Å². The van der Waals surface area contributed by atoms with Crippen LogP contribution in [0.25, 0.3) is 0 Å². The van der Waals surface area contributed by atoms with Gasteiger partial charge in [0.2, 0.25) is 5.78 Å². The molecule has 2 atom stereocenters. The number of halogens is 1. The van der Waals surface area contributed by atoms with Crippen molar-refractivity contribution in [2.75, 3.05) is 14.2 Å². The van der Waals surface area contributed by atoms with Crippen LogP contribution in [0.15, 0.2) is 52.8 Å². The van der Waals surface area contributed by atoms with Gasteiger partial charge in [-0.05, 0) is 18.1 Å². The molecule has 118 valence electrons. The maximum absolute atomic E-state index is 13.0. The van der Waals surface area contributed by atoms with E-state index in [1.54, 1.807) is 30.3 Å². The quantitative estimate of drug-likeness (QED) is 0.846. The number of Topliss-reactive ketones (excluding diaryl/α,β-unsaturated/α-hetero) is 1. The van der Waals surface area contributed by atoms with Crippen LogP contribution in [0.1, 0.15) is 23.7 Å². The second-order valence-corrected chi connectivity index (χ2v) is 5.36. The number of ether oxygens (including phenoxy) is 2. The molecule has 1 N–H and O–H groups in total. The van der Waals surface area contributed by atoms with Crippen molar-refractivity contribution < 1.29 is 19.4 Å². The maximum atomic E-state index is 13.0. The van der Waals surface area contributed by atoms with E-state index in [4.69, 9.17) is 21.1 Å². The highest BCUT2D eigenvalue weighted by molar-refractivity contribution is 6.34. The molecule has 1 aliphatic carbocycles. The number of rotatable bonds is 5. The normalized spacial score (nSPS) is 25.0. The van der Waals surface area contributed by atoms with Crippen LogP contribution in [0.3, 0.4) is 0 Å². The minimum Gasteiger partial charge on any atom is -0.498 e. The molecule has 1 aromatic carbocycles. The van der Waals surface area contributed by atoms with E-state index < -0.39 is 17.5 Å². The Balaban J connectivity index is 2.63. The molecule has 1 aliphatic rings. The van der Waals surface area contributed by atoms with Crippen LogP contribution in [0.4, 0.5) is 0 Å². The van der Waals surface area contributed by atoms with Crippen molar-refractivity contribution in [2.24, 2.45) is 0 Å². The molecule has 0 aromatic heterocycles. The van der Waals surface area contributed by atoms with Gasteiger partial charge in [0.15, 0.2) is 11.7 Å². The number of carbonyl (C=O) groups is 1. The average Bonchev–Trinajstić information content (AvgIpc) is 2.56. The number of benzene rings is 1. The summed E-state index contributed by atoms with van der Waals surface area (Å²) in [4.78, 5) is 13.0. The Kier molecular flexibility index (Phi) is 5.06. The van der Waals surface area contributed by atoms with Gasteiger partial charge in [0.05, 0.1) is 12.1 Å². The van der Waals surface area contributed by atoms with Gasteiger partial charge >= 0.3 is 0 Å². The molecule has 0 amide bonds. The van der Waals surface area contributed by atoms with Crippen LogP contribution < -0.4 is 0 Å². The third-order valence-electron chi connectivity index (χ3n) is 3.89. The molecule has 0 spiro atoms. The maximum Gasteiger partial charge on any atom is 0.203 e. The van der Waals surface area contributed by atoms with E-state index in [0.29, 0.717) is 17.6 Å². The highest BCUT2D eigenvalue weighted by Gasteiger charge is 2.53. The lowest BCUT2D eigenvalue weighted by atomic mass is 9.80. The third-order valence-corrected chi connectivity index (χ3v) is 4.41. The summed E-state index contributed by atoms with van der Waals surface area (Å²) in [5.74, 6) is -0.144. The zero-order chi connectivity index (χ0) is 16.3. The summed E-state index contributed by atoms with van der Waals surface area (Å²) in [7, 11) is 2.80. The molecule has 0 bridgehead atoms. The molecular weight excluding hydrogens is 304 g/mol. The molecule has 2 unspecified atom stereocenters. The molecule has 0 heterocycles. The van der Waals surface area contributed by atoms with Gasteiger partial charge in [-0.25, -0.2) is 0 Å². The van der Waals surface area contributed by atoms with E-state index in [9.17, 15) is 9.90 Å². The summed E-state index contributed by atoms with van der Waals surface area (Å²) in [6.07, 6.45) is 0.937. The van der Waals surface area contributed by atoms with Gasteiger partial charge in [0, 0.05) is 12.7 Å². The molecule has 4 nitrogen and oxygen atoms in total. The van der Waals surface area contributed by atoms with Gasteiger partial charge in [-0.2, -0.15) is 0 Å². The average molecular weight is 323 g/mol. The minimum absolute atomic E-state index is 0.194. The summed E-state index contributed by atoms with van der Waals surface area (Å²) in [6.45, 7) is 1.91. The van der Waals surface area contributed by atoms with Crippen LogP contribution in [-0.2, 0) is 9.47 Å². The molecule has 2 rings (SSSR count). The number of hydrogen-bond acceptors (Lipinski definition) is 4. The number of ketones is 1. The van der Waals surface area contributed by atoms with Gasteiger partial charge in [-0.3, -0.25) is 4.79 Å². The molecule has 5 heteroatoms. The lowest BCUT2D eigenvalue weighted by Crippen LogP contribution is -2.54. The van der Waals surface area contributed by atoms with Crippen LogP contribution in [0.2, 0.25) is 0 Å². The summed E-state index contributed by atoms with van der Waals surface area (Å²) < 4.78 is 10.7. The van der Waals surface area contributed by atoms with E-state index in [2.05, 4.69) is 0 Å². The van der Waals surface area contributed by atoms with Crippen LogP contribution >= 0.6 is 11.6 Å². The number of aliphatic hydroxyl groups is 1. The summed E-state index contributed by atoms with van der Waals surface area (Å²) in [5, 5.41) is 10.8. The lowest BCUT2D eigenvalue weighted by Gasteiger charge is -2.39. The monoisotopic (exact) mass is 322 g/mol. The predicted molar refractivity (Wildman–Crippen MR) is 84.8 cm³/mol. The summed E-state index contributed by atoms with van der Waals surface area (Å²) >= 11 is 6.44. The topological polar surface area (TPSA) is 55.8 Å². The SMILES string of the molecule is CCC1=C(Cl)C(OC)(C(=O)c2ccccc2)C(O)C(OC)=C1. The zero-order valence-electron chi connectivity index (χ0n) is 12.8. The fraction of sp³-hybridized carbons (Fsp3) is 0.353. The number of methoxy groups -OCH3 is 2. The van der Waals surface area contributed by atoms with Gasteiger partial charge in [-0.15, -0.1) is 0 Å². The second kappa shape index (κ2) is 6.65. The largest absolute Gasteiger partial charge is 0.498 e. The number of allylic oxidation sites excluding steroid dienone is 2. The molecule has 0 saturated heterocycles. The van der Waals surface area contributed by atoms with E-state index >= 15 is 0 Å². The van der Waals surface area contributed by atoms with Crippen molar-refractivity contribution in [3.63, 3.8) is 0 Å². The Morgan fingerprint density at radius 3 is 2.45 bits per heavy atom. The third kappa shape index (κ3) is 2.47. The Morgan fingerprint density at radius 1 is 1.32 bits per heavy atom. The van der Waals surface area contributed by atoms with Crippen molar-refractivity contribution in [2.45, 2.75) is 25.0 Å². The van der Waals surface area contributed by atoms with Crippen LogP contribution in [-0.4, -0.2) is 36.8 Å². The van der Waals surface area contributed by atoms with Crippen molar-refractivity contribution >= 4 is 17.4 Å². The molecule has 0 fully saturated rings. The highest BCUT2D eigenvalue weighted by Crippen LogP contribution is 2.42. The lowest BCUT2D eigenvalue weighted by molar-refractivity contribution is -0.0542. The first-order chi connectivity index (χ1) is 10.5. The van der Waals surface area contributed by atoms with Crippen molar-refractivity contribution in [1.82, 2.24) is 0 Å². The highest BCUT2D eigenvalue weighted by atomic mass is 35.5. The number of carbonyl (C=O) groups excluding carboxylic acids is 1. The van der Waals surface area contributed by atoms with Crippen LogP contribution in [0.5, 0.6) is 0 Å². The zero-order valence-corrected chi connectivity index (χ0v) is 13.6. The number of aliphatic hydroxyl groups excluding tert-OH is 1. The first-order valence-corrected chi connectivity index (χ1v) is 7.38. The molecule has 1 aromatic rings. The Bertz CT molecular complexity index is 621. The second-order valence-electron chi connectivity index (χ2n) is 4.98. The van der Waals surface area contributed by atoms with Crippen LogP contribution in [0, 0.1) is 0 Å². The molecule has 22 heavy (non-hydrogen) atoms. The number of hydrogen-bond donors (Lipinski definition) is 1. The smallest absolute Gasteiger partial charge is 0.203 e. The first kappa shape index (κ1) is 16.7. The first-order valence-electron chi connectivity index (χ1n) is 7.00.